The number of nitriles is 1. The molecular formula is C22H32N8O4S2. The average Bonchev–Trinajstić information content (AvgIpc) is 3.24. The maximum absolute atomic E-state index is 13.6. The summed E-state index contributed by atoms with van der Waals surface area (Å²) in [4.78, 5) is 14.0. The maximum Gasteiger partial charge on any atom is 0.282 e. The third kappa shape index (κ3) is 4.70. The lowest BCUT2D eigenvalue weighted by molar-refractivity contribution is 0.245. The number of sulfonamides is 1. The number of unbranched alkanes of at least 4 members (excludes halogenated alkanes) is 1. The van der Waals surface area contributed by atoms with Crippen LogP contribution in [0.3, 0.4) is 0 Å². The highest BCUT2D eigenvalue weighted by atomic mass is 32.2. The molecule has 1 unspecified atom stereocenters. The number of fused-ring (bicyclic) bond motifs is 1. The highest BCUT2D eigenvalue weighted by Gasteiger charge is 2.57. The second-order valence-electron chi connectivity index (χ2n) is 10.0. The van der Waals surface area contributed by atoms with Gasteiger partial charge in [-0.1, -0.05) is 0 Å². The van der Waals surface area contributed by atoms with Crippen molar-refractivity contribution in [2.45, 2.75) is 37.6 Å². The molecule has 1 aliphatic carbocycles. The molecule has 1 saturated carbocycles. The van der Waals surface area contributed by atoms with Crippen LogP contribution in [0.4, 0.5) is 5.82 Å². The zero-order chi connectivity index (χ0) is 25.6. The van der Waals surface area contributed by atoms with Crippen molar-refractivity contribution in [1.29, 1.82) is 5.26 Å². The van der Waals surface area contributed by atoms with Gasteiger partial charge in [-0.3, -0.25) is 0 Å². The standard InChI is InChI=1S/C22H32N8O4S2/c1-27(14-18-5-10-29(15-18)35(31,32)13-3-2-8-23)36(33,34)30-12-11-28(16-22(30)6-7-22)21-19-4-9-24-20(19)25-17-26-21/h4,9,17-18H,2-3,5-7,10-16H2,1H3,(H,24,25,26). The average molecular weight is 537 g/mol. The van der Waals surface area contributed by atoms with E-state index in [0.29, 0.717) is 45.6 Å². The summed E-state index contributed by atoms with van der Waals surface area (Å²) in [5, 5.41) is 9.59. The fourth-order valence-corrected chi connectivity index (χ4v) is 8.82. The van der Waals surface area contributed by atoms with Crippen molar-refractivity contribution in [2.75, 3.05) is 57.0 Å². The molecule has 1 spiro atoms. The Kier molecular flexibility index (Phi) is 6.71. The molecule has 2 aromatic rings. The van der Waals surface area contributed by atoms with Crippen molar-refractivity contribution >= 4 is 37.1 Å². The second-order valence-corrected chi connectivity index (χ2v) is 14.1. The molecule has 0 amide bonds. The van der Waals surface area contributed by atoms with Crippen LogP contribution in [0.1, 0.15) is 32.1 Å². The predicted octanol–water partition coefficient (Wildman–Crippen LogP) is 0.745. The highest BCUT2D eigenvalue weighted by molar-refractivity contribution is 7.89. The van der Waals surface area contributed by atoms with E-state index in [1.807, 2.05) is 18.3 Å². The SMILES string of the molecule is CN(CC1CCN(S(=O)(=O)CCCC#N)C1)S(=O)(=O)N1CCN(c2ncnc3[nH]ccc23)CC12CC2. The molecule has 12 nitrogen and oxygen atoms in total. The molecule has 4 heterocycles. The number of H-pyrrole nitrogens is 1. The van der Waals surface area contributed by atoms with E-state index < -0.39 is 25.8 Å². The number of hydrogen-bond donors (Lipinski definition) is 1. The Labute approximate surface area is 212 Å². The molecular weight excluding hydrogens is 504 g/mol. The van der Waals surface area contributed by atoms with Crippen LogP contribution in [0.5, 0.6) is 0 Å². The minimum Gasteiger partial charge on any atom is -0.353 e. The summed E-state index contributed by atoms with van der Waals surface area (Å²) in [6.45, 7) is 2.46. The molecule has 3 aliphatic rings. The molecule has 2 aliphatic heterocycles. The van der Waals surface area contributed by atoms with Gasteiger partial charge in [-0.15, -0.1) is 0 Å². The summed E-state index contributed by atoms with van der Waals surface area (Å²) in [6.07, 6.45) is 6.10. The monoisotopic (exact) mass is 536 g/mol. The number of anilines is 1. The van der Waals surface area contributed by atoms with E-state index in [-0.39, 0.29) is 24.6 Å². The van der Waals surface area contributed by atoms with E-state index in [1.54, 1.807) is 11.4 Å². The van der Waals surface area contributed by atoms with Crippen molar-refractivity contribution in [3.05, 3.63) is 18.6 Å². The van der Waals surface area contributed by atoms with E-state index in [0.717, 1.165) is 29.7 Å². The van der Waals surface area contributed by atoms with Gasteiger partial charge in [-0.2, -0.15) is 22.3 Å². The quantitative estimate of drug-likeness (QED) is 0.462. The topological polar surface area (TPSA) is 147 Å². The molecule has 36 heavy (non-hydrogen) atoms. The fraction of sp³-hybridized carbons (Fsp3) is 0.682. The van der Waals surface area contributed by atoms with Crippen molar-refractivity contribution in [1.82, 2.24) is 27.9 Å². The van der Waals surface area contributed by atoms with Gasteiger partial charge >= 0.3 is 0 Å². The molecule has 0 bridgehead atoms. The van der Waals surface area contributed by atoms with Gasteiger partial charge in [-0.25, -0.2) is 22.7 Å². The first-order chi connectivity index (χ1) is 17.2. The molecule has 2 aromatic heterocycles. The Bertz CT molecular complexity index is 1370. The molecule has 0 radical (unpaired) electrons. The van der Waals surface area contributed by atoms with Gasteiger partial charge in [0.1, 0.15) is 17.8 Å². The van der Waals surface area contributed by atoms with Crippen LogP contribution in [0, 0.1) is 17.2 Å². The zero-order valence-electron chi connectivity index (χ0n) is 20.4. The number of aromatic amines is 1. The van der Waals surface area contributed by atoms with E-state index in [1.165, 1.54) is 14.9 Å². The van der Waals surface area contributed by atoms with Crippen LogP contribution in [-0.2, 0) is 20.2 Å². The van der Waals surface area contributed by atoms with Crippen molar-refractivity contribution in [3.63, 3.8) is 0 Å². The van der Waals surface area contributed by atoms with Gasteiger partial charge in [0.05, 0.1) is 22.7 Å². The van der Waals surface area contributed by atoms with Crippen LogP contribution in [-0.4, -0.2) is 102 Å². The molecule has 2 saturated heterocycles. The number of piperazine rings is 1. The molecule has 3 fully saturated rings. The number of nitrogens with zero attached hydrogens (tertiary/aromatic N) is 7. The summed E-state index contributed by atoms with van der Waals surface area (Å²) in [6, 6.07) is 3.91. The van der Waals surface area contributed by atoms with Gasteiger partial charge in [0.15, 0.2) is 0 Å². The van der Waals surface area contributed by atoms with Crippen LogP contribution >= 0.6 is 0 Å². The Morgan fingerprint density at radius 1 is 1.22 bits per heavy atom. The van der Waals surface area contributed by atoms with Crippen molar-refractivity contribution in [2.24, 2.45) is 5.92 Å². The van der Waals surface area contributed by atoms with Crippen LogP contribution in [0.15, 0.2) is 18.6 Å². The summed E-state index contributed by atoms with van der Waals surface area (Å²) in [5.41, 5.74) is 0.322. The minimum absolute atomic E-state index is 0.0460. The first-order valence-electron chi connectivity index (χ1n) is 12.3. The lowest BCUT2D eigenvalue weighted by atomic mass is 10.1. The van der Waals surface area contributed by atoms with Crippen LogP contribution in [0.2, 0.25) is 0 Å². The second kappa shape index (κ2) is 9.53. The summed E-state index contributed by atoms with van der Waals surface area (Å²) in [7, 11) is -5.54. The minimum atomic E-state index is -3.71. The normalized spacial score (nSPS) is 23.0. The van der Waals surface area contributed by atoms with Crippen LogP contribution < -0.4 is 4.90 Å². The van der Waals surface area contributed by atoms with E-state index in [9.17, 15) is 16.8 Å². The maximum atomic E-state index is 13.6. The number of rotatable bonds is 9. The van der Waals surface area contributed by atoms with Crippen molar-refractivity contribution in [3.8, 4) is 6.07 Å². The fourth-order valence-electron chi connectivity index (χ4n) is 5.45. The van der Waals surface area contributed by atoms with E-state index in [2.05, 4.69) is 19.9 Å². The lowest BCUT2D eigenvalue weighted by Gasteiger charge is -2.43. The van der Waals surface area contributed by atoms with Gasteiger partial charge in [0.25, 0.3) is 10.2 Å². The Balaban J connectivity index is 1.23. The van der Waals surface area contributed by atoms with Gasteiger partial charge in [0.2, 0.25) is 10.0 Å². The largest absolute Gasteiger partial charge is 0.353 e. The molecule has 0 aromatic carbocycles. The number of hydrogen-bond acceptors (Lipinski definition) is 8. The molecule has 14 heteroatoms. The molecule has 1 atom stereocenters. The first kappa shape index (κ1) is 25.3. The van der Waals surface area contributed by atoms with Gasteiger partial charge < -0.3 is 9.88 Å². The first-order valence-corrected chi connectivity index (χ1v) is 15.3. The summed E-state index contributed by atoms with van der Waals surface area (Å²) < 4.78 is 56.9. The molecule has 1 N–H and O–H groups in total. The third-order valence-corrected chi connectivity index (χ3v) is 11.6. The Morgan fingerprint density at radius 3 is 2.78 bits per heavy atom. The van der Waals surface area contributed by atoms with Crippen molar-refractivity contribution < 1.29 is 16.8 Å². The predicted molar refractivity (Wildman–Crippen MR) is 135 cm³/mol. The zero-order valence-corrected chi connectivity index (χ0v) is 22.0. The lowest BCUT2D eigenvalue weighted by Crippen LogP contribution is -2.60. The van der Waals surface area contributed by atoms with E-state index >= 15 is 0 Å². The third-order valence-electron chi connectivity index (χ3n) is 7.57. The Morgan fingerprint density at radius 2 is 2.03 bits per heavy atom. The Hall–Kier alpha value is -2.31. The number of nitrogens with one attached hydrogen (secondary N) is 1. The van der Waals surface area contributed by atoms with E-state index in [4.69, 9.17) is 5.26 Å². The van der Waals surface area contributed by atoms with Gasteiger partial charge in [-0.05, 0) is 37.7 Å². The molecule has 5 rings (SSSR count). The summed E-state index contributed by atoms with van der Waals surface area (Å²) in [5.74, 6) is 0.713. The summed E-state index contributed by atoms with van der Waals surface area (Å²) >= 11 is 0. The molecule has 196 valence electrons. The smallest absolute Gasteiger partial charge is 0.282 e. The van der Waals surface area contributed by atoms with Crippen LogP contribution in [0.25, 0.3) is 11.0 Å². The number of aromatic nitrogens is 3. The highest BCUT2D eigenvalue weighted by Crippen LogP contribution is 2.47. The van der Waals surface area contributed by atoms with Gasteiger partial charge in [0, 0.05) is 58.9 Å².